The highest BCUT2D eigenvalue weighted by Gasteiger charge is 2.51. The van der Waals surface area contributed by atoms with E-state index in [1.807, 2.05) is 0 Å². The summed E-state index contributed by atoms with van der Waals surface area (Å²) in [5.74, 6) is 1.75. The summed E-state index contributed by atoms with van der Waals surface area (Å²) in [6.07, 6.45) is 10.5. The Bertz CT molecular complexity index is 668. The third-order valence-electron chi connectivity index (χ3n) is 7.86. The van der Waals surface area contributed by atoms with Gasteiger partial charge in [-0.15, -0.1) is 0 Å². The molecule has 6 atom stereocenters. The lowest BCUT2D eigenvalue weighted by Gasteiger charge is -2.45. The number of hydrogen-bond donors (Lipinski definition) is 1. The van der Waals surface area contributed by atoms with Crippen molar-refractivity contribution in [3.8, 4) is 0 Å². The lowest BCUT2D eigenvalue weighted by Crippen LogP contribution is -2.41. The summed E-state index contributed by atoms with van der Waals surface area (Å²) in [7, 11) is 1.67. The number of methoxy groups -OCH3 is 1. The van der Waals surface area contributed by atoms with Crippen LogP contribution in [0.2, 0.25) is 0 Å². The van der Waals surface area contributed by atoms with Gasteiger partial charge in [-0.25, -0.2) is 0 Å². The van der Waals surface area contributed by atoms with Gasteiger partial charge in [0, 0.05) is 13.0 Å². The molecular formula is C26H40O3. The van der Waals surface area contributed by atoms with E-state index in [0.29, 0.717) is 24.5 Å². The Morgan fingerprint density at radius 1 is 1.17 bits per heavy atom. The van der Waals surface area contributed by atoms with Crippen LogP contribution in [0, 0.1) is 23.2 Å². The molecule has 1 aromatic carbocycles. The number of aliphatic hydroxyl groups is 1. The second kappa shape index (κ2) is 9.32. The Hall–Kier alpha value is -1.16. The van der Waals surface area contributed by atoms with Crippen molar-refractivity contribution in [3.63, 3.8) is 0 Å². The zero-order chi connectivity index (χ0) is 21.1. The standard InChI is InChI=1S/C26H40O3/c1-19(21-15-16-23-24(27)12-9-17-26(21,23)4)13-14-22(20-10-7-6-8-11-20)25(2,3)29-18-28-5/h6-8,10-11,13-14,19,21-24,27H,9,12,15-18H2,1-5H3/b14-13+/t19-,21-,22-,23+,24+,26-/m1/s1. The maximum Gasteiger partial charge on any atom is 0.147 e. The summed E-state index contributed by atoms with van der Waals surface area (Å²) >= 11 is 0. The number of hydrogen-bond acceptors (Lipinski definition) is 3. The highest BCUT2D eigenvalue weighted by molar-refractivity contribution is 5.27. The fourth-order valence-electron chi connectivity index (χ4n) is 6.18. The number of benzene rings is 1. The molecule has 2 aliphatic rings. The van der Waals surface area contributed by atoms with E-state index < -0.39 is 0 Å². The molecule has 0 spiro atoms. The van der Waals surface area contributed by atoms with Gasteiger partial charge < -0.3 is 14.6 Å². The first kappa shape index (κ1) is 22.5. The summed E-state index contributed by atoms with van der Waals surface area (Å²) in [5.41, 5.74) is 1.17. The normalized spacial score (nSPS) is 32.3. The van der Waals surface area contributed by atoms with Gasteiger partial charge in [0.1, 0.15) is 6.79 Å². The van der Waals surface area contributed by atoms with Crippen LogP contribution in [0.3, 0.4) is 0 Å². The number of allylic oxidation sites excluding steroid dienone is 1. The van der Waals surface area contributed by atoms with Crippen molar-refractivity contribution in [2.24, 2.45) is 23.2 Å². The molecule has 2 fully saturated rings. The molecule has 0 bridgehead atoms. The van der Waals surface area contributed by atoms with Gasteiger partial charge in [-0.1, -0.05) is 62.8 Å². The number of fused-ring (bicyclic) bond motifs is 1. The summed E-state index contributed by atoms with van der Waals surface area (Å²) in [4.78, 5) is 0. The van der Waals surface area contributed by atoms with Gasteiger partial charge in [0.15, 0.2) is 0 Å². The lowest BCUT2D eigenvalue weighted by molar-refractivity contribution is -0.119. The van der Waals surface area contributed by atoms with Gasteiger partial charge in [-0.3, -0.25) is 0 Å². The second-order valence-electron chi connectivity index (χ2n) is 10.0. The molecular weight excluding hydrogens is 360 g/mol. The van der Waals surface area contributed by atoms with Crippen LogP contribution in [0.5, 0.6) is 0 Å². The molecule has 1 aromatic rings. The Morgan fingerprint density at radius 2 is 1.90 bits per heavy atom. The van der Waals surface area contributed by atoms with Gasteiger partial charge in [0.2, 0.25) is 0 Å². The monoisotopic (exact) mass is 400 g/mol. The van der Waals surface area contributed by atoms with Crippen molar-refractivity contribution >= 4 is 0 Å². The summed E-state index contributed by atoms with van der Waals surface area (Å²) < 4.78 is 11.2. The van der Waals surface area contributed by atoms with Gasteiger partial charge in [0.05, 0.1) is 11.7 Å². The van der Waals surface area contributed by atoms with Crippen LogP contribution in [0.4, 0.5) is 0 Å². The fraction of sp³-hybridized carbons (Fsp3) is 0.692. The Balaban J connectivity index is 1.80. The molecule has 0 aliphatic heterocycles. The quantitative estimate of drug-likeness (QED) is 0.433. The summed E-state index contributed by atoms with van der Waals surface area (Å²) in [6.45, 7) is 9.37. The van der Waals surface area contributed by atoms with Crippen LogP contribution in [0.15, 0.2) is 42.5 Å². The second-order valence-corrected chi connectivity index (χ2v) is 10.0. The van der Waals surface area contributed by atoms with Gasteiger partial charge in [0.25, 0.3) is 0 Å². The number of rotatable bonds is 8. The van der Waals surface area contributed by atoms with Gasteiger partial charge >= 0.3 is 0 Å². The van der Waals surface area contributed by atoms with E-state index in [4.69, 9.17) is 9.47 Å². The maximum absolute atomic E-state index is 10.6. The van der Waals surface area contributed by atoms with E-state index in [1.165, 1.54) is 24.8 Å². The molecule has 29 heavy (non-hydrogen) atoms. The van der Waals surface area contributed by atoms with Crippen molar-refractivity contribution in [2.75, 3.05) is 13.9 Å². The lowest BCUT2D eigenvalue weighted by atomic mass is 9.62. The fourth-order valence-corrected chi connectivity index (χ4v) is 6.18. The summed E-state index contributed by atoms with van der Waals surface area (Å²) in [5, 5.41) is 10.6. The predicted octanol–water partition coefficient (Wildman–Crippen LogP) is 5.94. The molecule has 3 nitrogen and oxygen atoms in total. The van der Waals surface area contributed by atoms with E-state index >= 15 is 0 Å². The molecule has 0 unspecified atom stereocenters. The van der Waals surface area contributed by atoms with Crippen LogP contribution in [-0.2, 0) is 9.47 Å². The molecule has 2 aliphatic carbocycles. The Labute approximate surface area is 177 Å². The Morgan fingerprint density at radius 3 is 2.59 bits per heavy atom. The van der Waals surface area contributed by atoms with E-state index in [1.54, 1.807) is 7.11 Å². The van der Waals surface area contributed by atoms with Crippen molar-refractivity contribution in [2.45, 2.75) is 77.4 Å². The van der Waals surface area contributed by atoms with Crippen LogP contribution in [-0.4, -0.2) is 30.7 Å². The molecule has 0 radical (unpaired) electrons. The summed E-state index contributed by atoms with van der Waals surface area (Å²) in [6, 6.07) is 10.6. The van der Waals surface area contributed by atoms with Gasteiger partial charge in [-0.2, -0.15) is 0 Å². The SMILES string of the molecule is COCOC(C)(C)[C@H](/C=C/[C@@H](C)[C@H]1CC[C@H]2[C@@H](O)CCC[C@]12C)c1ccccc1. The van der Waals surface area contributed by atoms with Crippen LogP contribution < -0.4 is 0 Å². The van der Waals surface area contributed by atoms with Crippen LogP contribution >= 0.6 is 0 Å². The van der Waals surface area contributed by atoms with E-state index in [-0.39, 0.29) is 23.0 Å². The van der Waals surface area contributed by atoms with Crippen molar-refractivity contribution < 1.29 is 14.6 Å². The molecule has 0 saturated heterocycles. The minimum atomic E-state index is -0.364. The minimum absolute atomic E-state index is 0.103. The first-order valence-corrected chi connectivity index (χ1v) is 11.3. The smallest absolute Gasteiger partial charge is 0.147 e. The first-order valence-electron chi connectivity index (χ1n) is 11.3. The molecule has 162 valence electrons. The van der Waals surface area contributed by atoms with Gasteiger partial charge in [-0.05, 0) is 68.3 Å². The third kappa shape index (κ3) is 4.78. The molecule has 0 heterocycles. The molecule has 3 heteroatoms. The highest BCUT2D eigenvalue weighted by Crippen LogP contribution is 2.58. The first-order chi connectivity index (χ1) is 13.8. The zero-order valence-corrected chi connectivity index (χ0v) is 18.9. The molecule has 3 rings (SSSR count). The largest absolute Gasteiger partial charge is 0.393 e. The molecule has 2 saturated carbocycles. The van der Waals surface area contributed by atoms with Crippen molar-refractivity contribution in [3.05, 3.63) is 48.0 Å². The third-order valence-corrected chi connectivity index (χ3v) is 7.86. The number of ether oxygens (including phenoxy) is 2. The van der Waals surface area contributed by atoms with E-state index in [9.17, 15) is 5.11 Å². The average molecular weight is 401 g/mol. The topological polar surface area (TPSA) is 38.7 Å². The minimum Gasteiger partial charge on any atom is -0.393 e. The van der Waals surface area contributed by atoms with Crippen LogP contribution in [0.25, 0.3) is 0 Å². The van der Waals surface area contributed by atoms with E-state index in [0.717, 1.165) is 12.8 Å². The molecule has 0 aromatic heterocycles. The van der Waals surface area contributed by atoms with Crippen molar-refractivity contribution in [1.29, 1.82) is 0 Å². The van der Waals surface area contributed by atoms with Crippen LogP contribution in [0.1, 0.15) is 71.3 Å². The molecule has 1 N–H and O–H groups in total. The van der Waals surface area contributed by atoms with Crippen molar-refractivity contribution in [1.82, 2.24) is 0 Å². The van der Waals surface area contributed by atoms with E-state index in [2.05, 4.69) is 70.2 Å². The highest BCUT2D eigenvalue weighted by atomic mass is 16.7. The maximum atomic E-state index is 10.6. The average Bonchev–Trinajstić information content (AvgIpc) is 3.05. The zero-order valence-electron chi connectivity index (χ0n) is 18.9. The predicted molar refractivity (Wildman–Crippen MR) is 119 cm³/mol. The number of aliphatic hydroxyl groups excluding tert-OH is 1. The molecule has 0 amide bonds. The Kier molecular flexibility index (Phi) is 7.24.